The Labute approximate surface area is 116 Å². The maximum absolute atomic E-state index is 6.62. The van der Waals surface area contributed by atoms with Gasteiger partial charge in [-0.2, -0.15) is 0 Å². The van der Waals surface area contributed by atoms with Crippen LogP contribution in [-0.4, -0.2) is 39.8 Å². The summed E-state index contributed by atoms with van der Waals surface area (Å²) in [5.41, 5.74) is 0.694. The lowest BCUT2D eigenvalue weighted by molar-refractivity contribution is 0.129. The summed E-state index contributed by atoms with van der Waals surface area (Å²) in [7, 11) is -3.03. The van der Waals surface area contributed by atoms with Gasteiger partial charge in [-0.1, -0.05) is 13.3 Å². The van der Waals surface area contributed by atoms with Crippen LogP contribution in [0.5, 0.6) is 0 Å². The quantitative estimate of drug-likeness (QED) is 0.701. The molecule has 2 atom stereocenters. The van der Waals surface area contributed by atoms with Crippen LogP contribution in [0.3, 0.4) is 0 Å². The van der Waals surface area contributed by atoms with Crippen LogP contribution >= 0.6 is 0 Å². The zero-order chi connectivity index (χ0) is 14.0. The zero-order valence-corrected chi connectivity index (χ0v) is 15.5. The number of likely N-dealkylation sites (tertiary alicyclic amines) is 1. The molecule has 0 spiro atoms. The second kappa shape index (κ2) is 6.20. The van der Waals surface area contributed by atoms with Crippen LogP contribution in [-0.2, 0) is 4.12 Å². The molecule has 0 amide bonds. The number of hydrogen-bond donors (Lipinski definition) is 0. The van der Waals surface area contributed by atoms with Gasteiger partial charge in [-0.15, -0.1) is 0 Å². The molecule has 0 aromatic rings. The molecule has 1 heterocycles. The highest BCUT2D eigenvalue weighted by Crippen LogP contribution is 2.28. The van der Waals surface area contributed by atoms with Gasteiger partial charge in [-0.25, -0.2) is 0 Å². The lowest BCUT2D eigenvalue weighted by atomic mass is 10.0. The first-order valence-corrected chi connectivity index (χ1v) is 14.0. The summed E-state index contributed by atoms with van der Waals surface area (Å²) < 4.78 is 6.62. The SMILES string of the molecule is CCC(N1CCCCC1C)[Si](C)(C)O[Si](C)(C)C. The fourth-order valence-corrected chi connectivity index (χ4v) is 12.6. The summed E-state index contributed by atoms with van der Waals surface area (Å²) in [4.78, 5) is 2.76. The molecule has 18 heavy (non-hydrogen) atoms. The van der Waals surface area contributed by atoms with E-state index in [4.69, 9.17) is 4.12 Å². The van der Waals surface area contributed by atoms with E-state index in [1.807, 2.05) is 0 Å². The van der Waals surface area contributed by atoms with Crippen LogP contribution in [0.4, 0.5) is 0 Å². The van der Waals surface area contributed by atoms with Gasteiger partial charge < -0.3 is 4.12 Å². The van der Waals surface area contributed by atoms with Crippen molar-refractivity contribution in [3.8, 4) is 0 Å². The van der Waals surface area contributed by atoms with Crippen molar-refractivity contribution in [3.63, 3.8) is 0 Å². The summed E-state index contributed by atoms with van der Waals surface area (Å²) in [6.07, 6.45) is 5.39. The van der Waals surface area contributed by atoms with Gasteiger partial charge in [-0.3, -0.25) is 4.90 Å². The molecular weight excluding hydrogens is 254 g/mol. The average Bonchev–Trinajstić information content (AvgIpc) is 2.17. The second-order valence-corrected chi connectivity index (χ2v) is 16.2. The Morgan fingerprint density at radius 1 is 1.17 bits per heavy atom. The van der Waals surface area contributed by atoms with Crippen molar-refractivity contribution in [2.24, 2.45) is 0 Å². The normalized spacial score (nSPS) is 25.2. The third-order valence-corrected chi connectivity index (χ3v) is 10.9. The molecule has 0 aromatic carbocycles. The lowest BCUT2D eigenvalue weighted by Gasteiger charge is -2.47. The van der Waals surface area contributed by atoms with E-state index in [9.17, 15) is 0 Å². The minimum Gasteiger partial charge on any atom is -0.455 e. The Morgan fingerprint density at radius 3 is 2.22 bits per heavy atom. The van der Waals surface area contributed by atoms with Crippen LogP contribution < -0.4 is 0 Å². The molecule has 0 radical (unpaired) electrons. The van der Waals surface area contributed by atoms with Crippen molar-refractivity contribution in [2.45, 2.75) is 84.0 Å². The van der Waals surface area contributed by atoms with Crippen LogP contribution in [0, 0.1) is 0 Å². The van der Waals surface area contributed by atoms with Crippen LogP contribution in [0.15, 0.2) is 0 Å². The van der Waals surface area contributed by atoms with Crippen LogP contribution in [0.1, 0.15) is 39.5 Å². The van der Waals surface area contributed by atoms with Gasteiger partial charge in [-0.05, 0) is 65.5 Å². The summed E-state index contributed by atoms with van der Waals surface area (Å²) in [6.45, 7) is 17.9. The molecule has 1 fully saturated rings. The Balaban J connectivity index is 2.80. The van der Waals surface area contributed by atoms with Crippen LogP contribution in [0.2, 0.25) is 32.7 Å². The number of nitrogens with zero attached hydrogens (tertiary/aromatic N) is 1. The van der Waals surface area contributed by atoms with Gasteiger partial charge in [0.2, 0.25) is 0 Å². The van der Waals surface area contributed by atoms with E-state index >= 15 is 0 Å². The Morgan fingerprint density at radius 2 is 1.78 bits per heavy atom. The molecule has 4 heteroatoms. The van der Waals surface area contributed by atoms with Gasteiger partial charge in [0.05, 0.1) is 0 Å². The molecule has 2 unspecified atom stereocenters. The molecule has 0 aromatic heterocycles. The highest BCUT2D eigenvalue weighted by molar-refractivity contribution is 6.85. The summed E-state index contributed by atoms with van der Waals surface area (Å²) in [5, 5.41) is 0. The fraction of sp³-hybridized carbons (Fsp3) is 1.00. The molecule has 1 saturated heterocycles. The van der Waals surface area contributed by atoms with Gasteiger partial charge in [0.1, 0.15) is 0 Å². The van der Waals surface area contributed by atoms with Crippen molar-refractivity contribution in [3.05, 3.63) is 0 Å². The standard InChI is InChI=1S/C14H33NOSi2/c1-8-14(15-12-10-9-11-13(15)2)18(6,7)16-17(3,4)5/h13-14H,8-12H2,1-7H3. The molecule has 108 valence electrons. The van der Waals surface area contributed by atoms with Gasteiger partial charge in [0, 0.05) is 11.7 Å². The number of hydrogen-bond acceptors (Lipinski definition) is 2. The van der Waals surface area contributed by atoms with E-state index < -0.39 is 16.6 Å². The average molecular weight is 288 g/mol. The molecule has 0 bridgehead atoms. The topological polar surface area (TPSA) is 12.5 Å². The van der Waals surface area contributed by atoms with Crippen molar-refractivity contribution < 1.29 is 4.12 Å². The Bertz CT molecular complexity index is 263. The number of rotatable bonds is 5. The molecule has 1 aliphatic rings. The van der Waals surface area contributed by atoms with Crippen molar-refractivity contribution >= 4 is 16.6 Å². The lowest BCUT2D eigenvalue weighted by Crippen LogP contribution is -2.60. The van der Waals surface area contributed by atoms with E-state index in [0.717, 1.165) is 6.04 Å². The van der Waals surface area contributed by atoms with E-state index in [1.54, 1.807) is 0 Å². The third-order valence-electron chi connectivity index (χ3n) is 4.01. The molecule has 0 N–H and O–H groups in total. The van der Waals surface area contributed by atoms with E-state index in [0.29, 0.717) is 5.67 Å². The van der Waals surface area contributed by atoms with Crippen LogP contribution in [0.25, 0.3) is 0 Å². The fourth-order valence-electron chi connectivity index (χ4n) is 3.57. The minimum absolute atomic E-state index is 0.694. The van der Waals surface area contributed by atoms with E-state index in [2.05, 4.69) is 51.5 Å². The largest absolute Gasteiger partial charge is 0.455 e. The zero-order valence-electron chi connectivity index (χ0n) is 13.5. The highest BCUT2D eigenvalue weighted by atomic mass is 28.4. The van der Waals surface area contributed by atoms with E-state index in [-0.39, 0.29) is 0 Å². The second-order valence-electron chi connectivity index (χ2n) is 7.32. The van der Waals surface area contributed by atoms with Gasteiger partial charge in [0.25, 0.3) is 0 Å². The monoisotopic (exact) mass is 287 g/mol. The van der Waals surface area contributed by atoms with Gasteiger partial charge in [0.15, 0.2) is 16.6 Å². The molecular formula is C14H33NOSi2. The predicted molar refractivity (Wildman–Crippen MR) is 86.0 cm³/mol. The molecule has 0 saturated carbocycles. The van der Waals surface area contributed by atoms with Gasteiger partial charge >= 0.3 is 0 Å². The van der Waals surface area contributed by atoms with E-state index in [1.165, 1.54) is 32.2 Å². The summed E-state index contributed by atoms with van der Waals surface area (Å²) in [6, 6.07) is 0.751. The highest BCUT2D eigenvalue weighted by Gasteiger charge is 2.41. The Kier molecular flexibility index (Phi) is 5.65. The maximum atomic E-state index is 6.62. The smallest absolute Gasteiger partial charge is 0.190 e. The first kappa shape index (κ1) is 16.4. The molecule has 1 aliphatic heterocycles. The minimum atomic E-state index is -1.61. The summed E-state index contributed by atoms with van der Waals surface area (Å²) in [5.74, 6) is 0. The van der Waals surface area contributed by atoms with Crippen molar-refractivity contribution in [1.82, 2.24) is 4.90 Å². The predicted octanol–water partition coefficient (Wildman–Crippen LogP) is 4.24. The molecule has 2 nitrogen and oxygen atoms in total. The number of piperidine rings is 1. The first-order valence-electron chi connectivity index (χ1n) is 7.63. The van der Waals surface area contributed by atoms with Crippen molar-refractivity contribution in [1.29, 1.82) is 0 Å². The maximum Gasteiger partial charge on any atom is 0.190 e. The molecule has 0 aliphatic carbocycles. The third kappa shape index (κ3) is 4.47. The summed E-state index contributed by atoms with van der Waals surface area (Å²) >= 11 is 0. The van der Waals surface area contributed by atoms with Crippen molar-refractivity contribution in [2.75, 3.05) is 6.54 Å². The first-order chi connectivity index (χ1) is 8.17. The Hall–Kier alpha value is 0.354. The molecule has 1 rings (SSSR count).